The quantitative estimate of drug-likeness (QED) is 0.424. The maximum atomic E-state index is 5.51. The summed E-state index contributed by atoms with van der Waals surface area (Å²) in [4.78, 5) is 7.20. The second-order valence-corrected chi connectivity index (χ2v) is 8.30. The van der Waals surface area contributed by atoms with Crippen LogP contribution < -0.4 is 5.32 Å². The molecule has 0 bridgehead atoms. The van der Waals surface area contributed by atoms with E-state index in [2.05, 4.69) is 55.7 Å². The largest absolute Gasteiger partial charge is 0.464 e. The van der Waals surface area contributed by atoms with Gasteiger partial charge in [0.1, 0.15) is 11.9 Å². The monoisotopic (exact) mass is 424 g/mol. The predicted octanol–water partition coefficient (Wildman–Crippen LogP) is 4.75. The molecule has 0 amide bonds. The number of hydrogen-bond acceptors (Lipinski definition) is 6. The van der Waals surface area contributed by atoms with Crippen LogP contribution in [0, 0.1) is 0 Å². The Kier molecular flexibility index (Phi) is 4.81. The molecule has 5 aromatic rings. The van der Waals surface area contributed by atoms with E-state index < -0.39 is 0 Å². The summed E-state index contributed by atoms with van der Waals surface area (Å²) in [5, 5.41) is 13.0. The second-order valence-electron chi connectivity index (χ2n) is 8.30. The molecule has 4 heterocycles. The Bertz CT molecular complexity index is 1360. The van der Waals surface area contributed by atoms with Gasteiger partial charge in [0.2, 0.25) is 5.95 Å². The molecule has 1 N–H and O–H groups in total. The van der Waals surface area contributed by atoms with Crippen molar-refractivity contribution in [1.29, 1.82) is 0 Å². The van der Waals surface area contributed by atoms with E-state index in [9.17, 15) is 0 Å². The number of likely N-dealkylation sites (tertiary alicyclic amines) is 1. The van der Waals surface area contributed by atoms with Crippen LogP contribution in [0.3, 0.4) is 0 Å². The molecule has 1 saturated heterocycles. The molecule has 0 radical (unpaired) electrons. The lowest BCUT2D eigenvalue weighted by Gasteiger charge is -2.15. The molecular formula is C25H24N6O. The number of nitrogens with zero attached hydrogens (tertiary/aromatic N) is 5. The zero-order valence-electron chi connectivity index (χ0n) is 17.7. The van der Waals surface area contributed by atoms with Crippen LogP contribution in [0.25, 0.3) is 27.7 Å². The minimum Gasteiger partial charge on any atom is -0.464 e. The first-order valence-electron chi connectivity index (χ1n) is 11.0. The van der Waals surface area contributed by atoms with E-state index in [4.69, 9.17) is 4.42 Å². The zero-order valence-corrected chi connectivity index (χ0v) is 17.7. The normalized spacial score (nSPS) is 14.5. The SMILES string of the molecule is c1cc(CNc2ncc(-c3ccc(CN4CCCC4)cc3)c3nncn23)c2ccoc2c1. The number of anilines is 1. The molecule has 1 aliphatic heterocycles. The molecule has 0 saturated carbocycles. The van der Waals surface area contributed by atoms with Gasteiger partial charge in [-0.15, -0.1) is 10.2 Å². The van der Waals surface area contributed by atoms with Crippen molar-refractivity contribution in [2.45, 2.75) is 25.9 Å². The second kappa shape index (κ2) is 8.09. The molecule has 0 aliphatic carbocycles. The smallest absolute Gasteiger partial charge is 0.210 e. The molecule has 32 heavy (non-hydrogen) atoms. The average Bonchev–Trinajstić information content (AvgIpc) is 3.60. The highest BCUT2D eigenvalue weighted by Gasteiger charge is 2.14. The number of aromatic nitrogens is 4. The average molecular weight is 425 g/mol. The van der Waals surface area contributed by atoms with Gasteiger partial charge in [0, 0.05) is 30.2 Å². The van der Waals surface area contributed by atoms with Gasteiger partial charge in [0.15, 0.2) is 5.65 Å². The van der Waals surface area contributed by atoms with Crippen LogP contribution in [0.4, 0.5) is 5.95 Å². The molecule has 7 nitrogen and oxygen atoms in total. The molecule has 1 aliphatic rings. The lowest BCUT2D eigenvalue weighted by Crippen LogP contribution is -2.18. The standard InChI is InChI=1S/C25H24N6O/c1-2-12-30(11-1)16-18-6-8-19(9-7-18)22-15-27-25(31-17-28-29-24(22)31)26-14-20-4-3-5-23-21(20)10-13-32-23/h3-10,13,15,17H,1-2,11-12,14,16H2,(H,26,27). The van der Waals surface area contributed by atoms with E-state index in [1.165, 1.54) is 31.5 Å². The number of rotatable bonds is 6. The summed E-state index contributed by atoms with van der Waals surface area (Å²) in [7, 11) is 0. The van der Waals surface area contributed by atoms with Gasteiger partial charge in [-0.2, -0.15) is 0 Å². The van der Waals surface area contributed by atoms with Crippen molar-refractivity contribution in [2.24, 2.45) is 0 Å². The Balaban J connectivity index is 1.25. The fourth-order valence-electron chi connectivity index (χ4n) is 4.53. The van der Waals surface area contributed by atoms with Gasteiger partial charge in [-0.1, -0.05) is 36.4 Å². The minimum atomic E-state index is 0.627. The van der Waals surface area contributed by atoms with Gasteiger partial charge in [0.25, 0.3) is 0 Å². The third-order valence-corrected chi connectivity index (χ3v) is 6.23. The van der Waals surface area contributed by atoms with Crippen molar-refractivity contribution < 1.29 is 4.42 Å². The Morgan fingerprint density at radius 1 is 1.00 bits per heavy atom. The van der Waals surface area contributed by atoms with Gasteiger partial charge < -0.3 is 9.73 Å². The Morgan fingerprint density at radius 3 is 2.75 bits per heavy atom. The van der Waals surface area contributed by atoms with Crippen LogP contribution in [-0.4, -0.2) is 37.6 Å². The summed E-state index contributed by atoms with van der Waals surface area (Å²) in [6.07, 6.45) is 7.92. The van der Waals surface area contributed by atoms with Crippen molar-refractivity contribution >= 4 is 22.6 Å². The van der Waals surface area contributed by atoms with E-state index in [1.54, 1.807) is 12.6 Å². The number of hydrogen-bond donors (Lipinski definition) is 1. The Labute approximate surface area is 185 Å². The highest BCUT2D eigenvalue weighted by atomic mass is 16.3. The van der Waals surface area contributed by atoms with E-state index in [-0.39, 0.29) is 0 Å². The van der Waals surface area contributed by atoms with Crippen LogP contribution in [0.15, 0.2) is 71.7 Å². The third-order valence-electron chi connectivity index (χ3n) is 6.23. The van der Waals surface area contributed by atoms with Gasteiger partial charge in [-0.3, -0.25) is 9.30 Å². The van der Waals surface area contributed by atoms with Crippen LogP contribution in [0.2, 0.25) is 0 Å². The first-order valence-corrected chi connectivity index (χ1v) is 11.0. The van der Waals surface area contributed by atoms with Crippen LogP contribution in [-0.2, 0) is 13.1 Å². The Hall–Kier alpha value is -3.71. The van der Waals surface area contributed by atoms with Crippen LogP contribution in [0.5, 0.6) is 0 Å². The topological polar surface area (TPSA) is 71.5 Å². The van der Waals surface area contributed by atoms with Crippen molar-refractivity contribution in [1.82, 2.24) is 24.5 Å². The molecule has 0 spiro atoms. The molecule has 0 unspecified atom stereocenters. The van der Waals surface area contributed by atoms with Gasteiger partial charge >= 0.3 is 0 Å². The third kappa shape index (κ3) is 3.50. The molecule has 160 valence electrons. The first kappa shape index (κ1) is 19.0. The minimum absolute atomic E-state index is 0.627. The highest BCUT2D eigenvalue weighted by molar-refractivity contribution is 5.81. The van der Waals surface area contributed by atoms with Gasteiger partial charge in [0.05, 0.1) is 6.26 Å². The van der Waals surface area contributed by atoms with Crippen molar-refractivity contribution in [2.75, 3.05) is 18.4 Å². The molecular weight excluding hydrogens is 400 g/mol. The lowest BCUT2D eigenvalue weighted by atomic mass is 10.1. The zero-order chi connectivity index (χ0) is 21.3. The van der Waals surface area contributed by atoms with Crippen LogP contribution in [0.1, 0.15) is 24.0 Å². The number of benzene rings is 2. The molecule has 2 aromatic carbocycles. The van der Waals surface area contributed by atoms with Crippen LogP contribution >= 0.6 is 0 Å². The molecule has 0 atom stereocenters. The van der Waals surface area contributed by atoms with Crippen molar-refractivity contribution in [3.8, 4) is 11.1 Å². The molecule has 7 heteroatoms. The number of fused-ring (bicyclic) bond motifs is 2. The number of nitrogens with one attached hydrogen (secondary N) is 1. The predicted molar refractivity (Wildman–Crippen MR) is 124 cm³/mol. The summed E-state index contributed by atoms with van der Waals surface area (Å²) in [5.41, 5.74) is 6.23. The van der Waals surface area contributed by atoms with Gasteiger partial charge in [-0.25, -0.2) is 4.98 Å². The Morgan fingerprint density at radius 2 is 1.88 bits per heavy atom. The summed E-state index contributed by atoms with van der Waals surface area (Å²) < 4.78 is 7.41. The maximum absolute atomic E-state index is 5.51. The van der Waals surface area contributed by atoms with Crippen molar-refractivity contribution in [3.63, 3.8) is 0 Å². The summed E-state index contributed by atoms with van der Waals surface area (Å²) in [6, 6.07) is 16.8. The van der Waals surface area contributed by atoms with E-state index in [1.807, 2.05) is 28.8 Å². The summed E-state index contributed by atoms with van der Waals surface area (Å²) in [5.74, 6) is 0.708. The lowest BCUT2D eigenvalue weighted by molar-refractivity contribution is 0.331. The maximum Gasteiger partial charge on any atom is 0.210 e. The molecule has 3 aromatic heterocycles. The summed E-state index contributed by atoms with van der Waals surface area (Å²) in [6.45, 7) is 4.05. The first-order chi connectivity index (χ1) is 15.8. The molecule has 1 fully saturated rings. The fourth-order valence-corrected chi connectivity index (χ4v) is 4.53. The highest BCUT2D eigenvalue weighted by Crippen LogP contribution is 2.26. The summed E-state index contributed by atoms with van der Waals surface area (Å²) >= 11 is 0. The molecule has 6 rings (SSSR count). The van der Waals surface area contributed by atoms with Gasteiger partial charge in [-0.05, 0) is 54.8 Å². The fraction of sp³-hybridized carbons (Fsp3) is 0.240. The van der Waals surface area contributed by atoms with E-state index in [0.29, 0.717) is 12.5 Å². The van der Waals surface area contributed by atoms with E-state index >= 15 is 0 Å². The van der Waals surface area contributed by atoms with E-state index in [0.717, 1.165) is 39.9 Å². The number of furan rings is 1. The van der Waals surface area contributed by atoms with Crippen molar-refractivity contribution in [3.05, 3.63) is 78.4 Å².